The van der Waals surface area contributed by atoms with Gasteiger partial charge in [-0.05, 0) is 32.7 Å². The zero-order valence-corrected chi connectivity index (χ0v) is 13.8. The Morgan fingerprint density at radius 2 is 2.05 bits per heavy atom. The van der Waals surface area contributed by atoms with Crippen LogP contribution in [0.4, 0.5) is 0 Å². The van der Waals surface area contributed by atoms with E-state index in [1.165, 1.54) is 4.90 Å². The van der Waals surface area contributed by atoms with Crippen LogP contribution in [0.15, 0.2) is 0 Å². The second-order valence-electron chi connectivity index (χ2n) is 6.02. The summed E-state index contributed by atoms with van der Waals surface area (Å²) in [4.78, 5) is 26.0. The Kier molecular flexibility index (Phi) is 5.80. The summed E-state index contributed by atoms with van der Waals surface area (Å²) in [5.41, 5.74) is 0. The number of nitrogens with zero attached hydrogens (tertiary/aromatic N) is 1. The molecule has 0 aliphatic carbocycles. The largest absolute Gasteiger partial charge is 0.351 e. The van der Waals surface area contributed by atoms with E-state index in [-0.39, 0.29) is 41.9 Å². The first-order valence-electron chi connectivity index (χ1n) is 7.93. The third-order valence-electron chi connectivity index (χ3n) is 4.23. The molecule has 0 aromatic rings. The molecule has 0 aromatic heterocycles. The number of hydrogen-bond acceptors (Lipinski definition) is 5. The lowest BCUT2D eigenvalue weighted by atomic mass is 10.0. The molecule has 2 amide bonds. The smallest absolute Gasteiger partial charge is 0.240 e. The topological polar surface area (TPSA) is 95.6 Å². The highest BCUT2D eigenvalue weighted by atomic mass is 32.2. The van der Waals surface area contributed by atoms with E-state index < -0.39 is 9.84 Å². The van der Waals surface area contributed by atoms with Gasteiger partial charge >= 0.3 is 0 Å². The molecule has 0 spiro atoms. The lowest BCUT2D eigenvalue weighted by Gasteiger charge is -2.29. The van der Waals surface area contributed by atoms with Gasteiger partial charge in [0.25, 0.3) is 0 Å². The maximum Gasteiger partial charge on any atom is 0.240 e. The number of carbonyl (C=O) groups is 2. The number of nitrogens with one attached hydrogen (secondary N) is 2. The van der Waals surface area contributed by atoms with Crippen LogP contribution in [0.25, 0.3) is 0 Å². The summed E-state index contributed by atoms with van der Waals surface area (Å²) in [5.74, 6) is -0.201. The standard InChI is InChI=1S/C14H25N3O4S/c1-2-17(14(19)12-5-3-4-7-15-12)9-13(18)16-11-6-8-22(20,21)10-11/h11-12,15H,2-10H2,1H3,(H,16,18). The van der Waals surface area contributed by atoms with Crippen molar-refractivity contribution in [2.24, 2.45) is 0 Å². The zero-order chi connectivity index (χ0) is 16.2. The quantitative estimate of drug-likeness (QED) is 0.693. The number of sulfone groups is 1. The third kappa shape index (κ3) is 4.67. The molecule has 2 aliphatic rings. The van der Waals surface area contributed by atoms with Crippen LogP contribution in [0.1, 0.15) is 32.6 Å². The van der Waals surface area contributed by atoms with Crippen molar-refractivity contribution in [3.05, 3.63) is 0 Å². The highest BCUT2D eigenvalue weighted by Crippen LogP contribution is 2.12. The molecule has 0 radical (unpaired) electrons. The van der Waals surface area contributed by atoms with Gasteiger partial charge in [0.05, 0.1) is 24.1 Å². The van der Waals surface area contributed by atoms with Crippen molar-refractivity contribution in [2.75, 3.05) is 31.1 Å². The fourth-order valence-electron chi connectivity index (χ4n) is 2.98. The molecule has 2 rings (SSSR count). The van der Waals surface area contributed by atoms with Crippen LogP contribution in [-0.4, -0.2) is 68.4 Å². The van der Waals surface area contributed by atoms with Crippen molar-refractivity contribution in [1.82, 2.24) is 15.5 Å². The summed E-state index contributed by atoms with van der Waals surface area (Å²) in [6.45, 7) is 3.13. The van der Waals surface area contributed by atoms with Crippen LogP contribution in [0.5, 0.6) is 0 Å². The highest BCUT2D eigenvalue weighted by molar-refractivity contribution is 7.91. The molecular weight excluding hydrogens is 306 g/mol. The van der Waals surface area contributed by atoms with Gasteiger partial charge in [-0.3, -0.25) is 9.59 Å². The van der Waals surface area contributed by atoms with Gasteiger partial charge in [-0.1, -0.05) is 6.42 Å². The molecule has 2 aliphatic heterocycles. The van der Waals surface area contributed by atoms with Crippen LogP contribution < -0.4 is 10.6 Å². The Bertz CT molecular complexity index is 514. The number of rotatable bonds is 5. The van der Waals surface area contributed by atoms with Crippen molar-refractivity contribution in [1.29, 1.82) is 0 Å². The van der Waals surface area contributed by atoms with E-state index in [4.69, 9.17) is 0 Å². The molecule has 0 aromatic carbocycles. The van der Waals surface area contributed by atoms with Gasteiger partial charge in [-0.25, -0.2) is 8.42 Å². The number of likely N-dealkylation sites (N-methyl/N-ethyl adjacent to an activating group) is 1. The van der Waals surface area contributed by atoms with Gasteiger partial charge in [0.15, 0.2) is 9.84 Å². The van der Waals surface area contributed by atoms with Crippen molar-refractivity contribution < 1.29 is 18.0 Å². The zero-order valence-electron chi connectivity index (χ0n) is 13.0. The van der Waals surface area contributed by atoms with Gasteiger partial charge in [0.2, 0.25) is 11.8 Å². The fraction of sp³-hybridized carbons (Fsp3) is 0.857. The fourth-order valence-corrected chi connectivity index (χ4v) is 4.66. The first-order chi connectivity index (χ1) is 10.4. The second-order valence-corrected chi connectivity index (χ2v) is 8.25. The molecule has 2 heterocycles. The second kappa shape index (κ2) is 7.41. The van der Waals surface area contributed by atoms with Crippen LogP contribution in [0.3, 0.4) is 0 Å². The monoisotopic (exact) mass is 331 g/mol. The first-order valence-corrected chi connectivity index (χ1v) is 9.75. The summed E-state index contributed by atoms with van der Waals surface area (Å²) in [5, 5.41) is 5.91. The molecule has 2 N–H and O–H groups in total. The van der Waals surface area contributed by atoms with Crippen LogP contribution in [0, 0.1) is 0 Å². The summed E-state index contributed by atoms with van der Waals surface area (Å²) < 4.78 is 22.8. The summed E-state index contributed by atoms with van der Waals surface area (Å²) in [6, 6.07) is -0.521. The molecule has 7 nitrogen and oxygen atoms in total. The summed E-state index contributed by atoms with van der Waals surface area (Å²) >= 11 is 0. The summed E-state index contributed by atoms with van der Waals surface area (Å²) in [6.07, 6.45) is 3.36. The molecule has 0 bridgehead atoms. The number of amides is 2. The molecule has 2 saturated heterocycles. The Balaban J connectivity index is 1.84. The van der Waals surface area contributed by atoms with E-state index in [1.807, 2.05) is 6.92 Å². The van der Waals surface area contributed by atoms with E-state index in [9.17, 15) is 18.0 Å². The number of piperidine rings is 1. The lowest BCUT2D eigenvalue weighted by molar-refractivity contribution is -0.138. The first kappa shape index (κ1) is 17.2. The Morgan fingerprint density at radius 1 is 1.27 bits per heavy atom. The maximum atomic E-state index is 12.4. The molecule has 0 saturated carbocycles. The molecule has 2 fully saturated rings. The van der Waals surface area contributed by atoms with E-state index in [1.54, 1.807) is 0 Å². The Hall–Kier alpha value is -1.15. The van der Waals surface area contributed by atoms with E-state index in [0.29, 0.717) is 13.0 Å². The average Bonchev–Trinajstić information content (AvgIpc) is 2.83. The van der Waals surface area contributed by atoms with Crippen molar-refractivity contribution in [3.63, 3.8) is 0 Å². The van der Waals surface area contributed by atoms with Crippen molar-refractivity contribution in [3.8, 4) is 0 Å². The SMILES string of the molecule is CCN(CC(=O)NC1CCS(=O)(=O)C1)C(=O)C1CCCCN1. The van der Waals surface area contributed by atoms with Crippen LogP contribution in [-0.2, 0) is 19.4 Å². The third-order valence-corrected chi connectivity index (χ3v) is 6.00. The normalized spacial score (nSPS) is 27.3. The highest BCUT2D eigenvalue weighted by Gasteiger charge is 2.30. The maximum absolute atomic E-state index is 12.4. The minimum Gasteiger partial charge on any atom is -0.351 e. The van der Waals surface area contributed by atoms with Gasteiger partial charge in [-0.2, -0.15) is 0 Å². The van der Waals surface area contributed by atoms with E-state index in [0.717, 1.165) is 25.8 Å². The predicted molar refractivity (Wildman–Crippen MR) is 83.1 cm³/mol. The van der Waals surface area contributed by atoms with Gasteiger partial charge in [0, 0.05) is 12.6 Å². The molecule has 22 heavy (non-hydrogen) atoms. The van der Waals surface area contributed by atoms with Crippen molar-refractivity contribution in [2.45, 2.75) is 44.7 Å². The molecule has 2 unspecified atom stereocenters. The van der Waals surface area contributed by atoms with Gasteiger partial charge < -0.3 is 15.5 Å². The van der Waals surface area contributed by atoms with E-state index in [2.05, 4.69) is 10.6 Å². The van der Waals surface area contributed by atoms with Crippen molar-refractivity contribution >= 4 is 21.7 Å². The van der Waals surface area contributed by atoms with Gasteiger partial charge in [-0.15, -0.1) is 0 Å². The van der Waals surface area contributed by atoms with Crippen LogP contribution in [0.2, 0.25) is 0 Å². The Labute approximate surface area is 131 Å². The molecular formula is C14H25N3O4S. The summed E-state index contributed by atoms with van der Waals surface area (Å²) in [7, 11) is -3.01. The molecule has 8 heteroatoms. The predicted octanol–water partition coefficient (Wildman–Crippen LogP) is -0.720. The average molecular weight is 331 g/mol. The molecule has 2 atom stereocenters. The van der Waals surface area contributed by atoms with Gasteiger partial charge in [0.1, 0.15) is 0 Å². The number of hydrogen-bond donors (Lipinski definition) is 2. The minimum atomic E-state index is -3.01. The van der Waals surface area contributed by atoms with Crippen LogP contribution >= 0.6 is 0 Å². The van der Waals surface area contributed by atoms with E-state index >= 15 is 0 Å². The number of carbonyl (C=O) groups excluding carboxylic acids is 2. The Morgan fingerprint density at radius 3 is 2.59 bits per heavy atom. The molecule has 126 valence electrons. The minimum absolute atomic E-state index is 0.00297. The lowest BCUT2D eigenvalue weighted by Crippen LogP contribution is -2.51.